The van der Waals surface area contributed by atoms with Crippen LogP contribution in [-0.2, 0) is 0 Å². The molecule has 0 spiro atoms. The summed E-state index contributed by atoms with van der Waals surface area (Å²) < 4.78 is 32.8. The van der Waals surface area contributed by atoms with Crippen LogP contribution >= 0.6 is 0 Å². The number of Topliss-reactive ketones (excluding diaryl/α,β-unsaturated/α-hetero) is 1. The van der Waals surface area contributed by atoms with Gasteiger partial charge in [0.1, 0.15) is 17.4 Å². The van der Waals surface area contributed by atoms with Crippen molar-refractivity contribution >= 4 is 5.78 Å². The van der Waals surface area contributed by atoms with Gasteiger partial charge in [0.2, 0.25) is 0 Å². The molecule has 2 nitrogen and oxygen atoms in total. The number of halogens is 2. The van der Waals surface area contributed by atoms with Crippen molar-refractivity contribution in [3.8, 4) is 16.9 Å². The summed E-state index contributed by atoms with van der Waals surface area (Å²) >= 11 is 0. The number of carbonyl (C=O) groups is 1. The number of hydrogen-bond donors (Lipinski definition) is 0. The van der Waals surface area contributed by atoms with Crippen LogP contribution < -0.4 is 4.74 Å². The van der Waals surface area contributed by atoms with E-state index in [1.807, 2.05) is 0 Å². The van der Waals surface area contributed by atoms with Crippen LogP contribution in [0.15, 0.2) is 36.4 Å². The highest BCUT2D eigenvalue weighted by atomic mass is 19.1. The van der Waals surface area contributed by atoms with E-state index in [1.54, 1.807) is 25.1 Å². The predicted molar refractivity (Wildman–Crippen MR) is 73.0 cm³/mol. The van der Waals surface area contributed by atoms with E-state index in [0.717, 1.165) is 12.1 Å². The molecule has 0 radical (unpaired) electrons. The lowest BCUT2D eigenvalue weighted by atomic mass is 9.99. The maximum absolute atomic E-state index is 14.0. The van der Waals surface area contributed by atoms with Crippen molar-refractivity contribution in [1.82, 2.24) is 0 Å². The van der Waals surface area contributed by atoms with Crippen LogP contribution in [0.1, 0.15) is 23.7 Å². The summed E-state index contributed by atoms with van der Waals surface area (Å²) in [7, 11) is 1.34. The summed E-state index contributed by atoms with van der Waals surface area (Å²) in [6.07, 6.45) is 0.344. The van der Waals surface area contributed by atoms with Crippen LogP contribution in [0.25, 0.3) is 11.1 Å². The van der Waals surface area contributed by atoms with E-state index in [1.165, 1.54) is 13.2 Å². The molecule has 2 aromatic rings. The van der Waals surface area contributed by atoms with Gasteiger partial charge in [0, 0.05) is 24.1 Å². The first-order valence-corrected chi connectivity index (χ1v) is 6.23. The van der Waals surface area contributed by atoms with E-state index in [-0.39, 0.29) is 17.1 Å². The first-order chi connectivity index (χ1) is 9.56. The van der Waals surface area contributed by atoms with Crippen LogP contribution in [0.3, 0.4) is 0 Å². The largest absolute Gasteiger partial charge is 0.497 e. The fraction of sp³-hybridized carbons (Fsp3) is 0.188. The summed E-state index contributed by atoms with van der Waals surface area (Å²) in [6, 6.07) is 8.55. The molecule has 0 aliphatic rings. The summed E-state index contributed by atoms with van der Waals surface area (Å²) in [5.41, 5.74) is 0.623. The van der Waals surface area contributed by atoms with Gasteiger partial charge in [-0.15, -0.1) is 0 Å². The minimum absolute atomic E-state index is 0.0684. The average molecular weight is 276 g/mol. The highest BCUT2D eigenvalue weighted by Gasteiger charge is 2.15. The fourth-order valence-electron chi connectivity index (χ4n) is 2.00. The van der Waals surface area contributed by atoms with Crippen LogP contribution in [0.2, 0.25) is 0 Å². The molecule has 0 bridgehead atoms. The third-order valence-corrected chi connectivity index (χ3v) is 3.05. The first-order valence-electron chi connectivity index (χ1n) is 6.23. The molecular weight excluding hydrogens is 262 g/mol. The molecular formula is C16H14F2O2. The van der Waals surface area contributed by atoms with Gasteiger partial charge in [-0.25, -0.2) is 8.78 Å². The lowest BCUT2D eigenvalue weighted by molar-refractivity contribution is 0.0988. The summed E-state index contributed by atoms with van der Waals surface area (Å²) in [5.74, 6) is -1.39. The number of ketones is 1. The molecule has 2 rings (SSSR count). The average Bonchev–Trinajstić information content (AvgIpc) is 2.45. The molecule has 0 N–H and O–H groups in total. The van der Waals surface area contributed by atoms with Crippen molar-refractivity contribution in [3.05, 3.63) is 53.6 Å². The normalized spacial score (nSPS) is 10.4. The van der Waals surface area contributed by atoms with Gasteiger partial charge < -0.3 is 4.74 Å². The smallest absolute Gasteiger partial charge is 0.162 e. The Bertz CT molecular complexity index is 628. The van der Waals surface area contributed by atoms with E-state index in [9.17, 15) is 13.6 Å². The van der Waals surface area contributed by atoms with Crippen molar-refractivity contribution < 1.29 is 18.3 Å². The molecule has 104 valence electrons. The molecule has 0 fully saturated rings. The Hall–Kier alpha value is -2.23. The Labute approximate surface area is 116 Å². The van der Waals surface area contributed by atoms with E-state index >= 15 is 0 Å². The lowest BCUT2D eigenvalue weighted by Crippen LogP contribution is -1.98. The molecule has 2 aromatic carbocycles. The predicted octanol–water partition coefficient (Wildman–Crippen LogP) is 4.23. The molecule has 0 aliphatic carbocycles. The molecule has 0 saturated carbocycles. The highest BCUT2D eigenvalue weighted by Crippen LogP contribution is 2.30. The quantitative estimate of drug-likeness (QED) is 0.781. The summed E-state index contributed by atoms with van der Waals surface area (Å²) in [4.78, 5) is 11.7. The van der Waals surface area contributed by atoms with Crippen molar-refractivity contribution in [2.45, 2.75) is 13.3 Å². The minimum atomic E-state index is -0.719. The van der Waals surface area contributed by atoms with Gasteiger partial charge >= 0.3 is 0 Å². The van der Waals surface area contributed by atoms with Crippen LogP contribution in [0.4, 0.5) is 8.78 Å². The molecule has 0 saturated heterocycles. The van der Waals surface area contributed by atoms with Crippen LogP contribution in [-0.4, -0.2) is 12.9 Å². The van der Waals surface area contributed by atoms with Crippen molar-refractivity contribution in [3.63, 3.8) is 0 Å². The van der Waals surface area contributed by atoms with Crippen LogP contribution in [0, 0.1) is 11.6 Å². The SMILES string of the molecule is CCC(=O)c1cccc(-c2c(F)cc(OC)cc2F)c1. The van der Waals surface area contributed by atoms with Gasteiger partial charge in [0.15, 0.2) is 5.78 Å². The molecule has 0 heterocycles. The number of methoxy groups -OCH3 is 1. The summed E-state index contributed by atoms with van der Waals surface area (Å²) in [6.45, 7) is 1.74. The zero-order valence-electron chi connectivity index (χ0n) is 11.2. The molecule has 0 unspecified atom stereocenters. The number of ether oxygens (including phenoxy) is 1. The Kier molecular flexibility index (Phi) is 4.13. The van der Waals surface area contributed by atoms with Gasteiger partial charge in [-0.2, -0.15) is 0 Å². The molecule has 0 atom stereocenters. The van der Waals surface area contributed by atoms with Crippen molar-refractivity contribution in [2.75, 3.05) is 7.11 Å². The van der Waals surface area contributed by atoms with E-state index < -0.39 is 11.6 Å². The topological polar surface area (TPSA) is 26.3 Å². The molecule has 20 heavy (non-hydrogen) atoms. The van der Waals surface area contributed by atoms with Gasteiger partial charge in [-0.1, -0.05) is 25.1 Å². The van der Waals surface area contributed by atoms with Gasteiger partial charge in [0.25, 0.3) is 0 Å². The zero-order valence-corrected chi connectivity index (χ0v) is 11.2. The first kappa shape index (κ1) is 14.2. The standard InChI is InChI=1S/C16H14F2O2/c1-3-15(19)10-5-4-6-11(7-10)16-13(17)8-12(20-2)9-14(16)18/h4-9H,3H2,1-2H3. The highest BCUT2D eigenvalue weighted by molar-refractivity contribution is 5.97. The van der Waals surface area contributed by atoms with E-state index in [2.05, 4.69) is 0 Å². The monoisotopic (exact) mass is 276 g/mol. The molecule has 4 heteroatoms. The van der Waals surface area contributed by atoms with Gasteiger partial charge in [-0.05, 0) is 11.6 Å². The second kappa shape index (κ2) is 5.82. The second-order valence-electron chi connectivity index (χ2n) is 4.32. The van der Waals surface area contributed by atoms with E-state index in [4.69, 9.17) is 4.74 Å². The Morgan fingerprint density at radius 2 is 1.80 bits per heavy atom. The molecule has 0 amide bonds. The fourth-order valence-corrected chi connectivity index (χ4v) is 2.00. The Morgan fingerprint density at radius 3 is 2.35 bits per heavy atom. The van der Waals surface area contributed by atoms with Crippen molar-refractivity contribution in [1.29, 1.82) is 0 Å². The number of carbonyl (C=O) groups excluding carboxylic acids is 1. The van der Waals surface area contributed by atoms with Crippen LogP contribution in [0.5, 0.6) is 5.75 Å². The second-order valence-corrected chi connectivity index (χ2v) is 4.32. The Balaban J connectivity index is 2.54. The minimum Gasteiger partial charge on any atom is -0.497 e. The van der Waals surface area contributed by atoms with Gasteiger partial charge in [-0.3, -0.25) is 4.79 Å². The van der Waals surface area contributed by atoms with E-state index in [0.29, 0.717) is 17.5 Å². The summed E-state index contributed by atoms with van der Waals surface area (Å²) in [5, 5.41) is 0. The van der Waals surface area contributed by atoms with Crippen molar-refractivity contribution in [2.24, 2.45) is 0 Å². The number of hydrogen-bond acceptors (Lipinski definition) is 2. The Morgan fingerprint density at radius 1 is 1.15 bits per heavy atom. The number of rotatable bonds is 4. The third-order valence-electron chi connectivity index (χ3n) is 3.05. The maximum Gasteiger partial charge on any atom is 0.162 e. The lowest BCUT2D eigenvalue weighted by Gasteiger charge is -2.09. The zero-order chi connectivity index (χ0) is 14.7. The number of benzene rings is 2. The third kappa shape index (κ3) is 2.69. The maximum atomic E-state index is 14.0. The molecule has 0 aliphatic heterocycles. The molecule has 0 aromatic heterocycles. The van der Waals surface area contributed by atoms with Gasteiger partial charge in [0.05, 0.1) is 12.7 Å².